The molecule has 0 amide bonds. The second kappa shape index (κ2) is 4.82. The summed E-state index contributed by atoms with van der Waals surface area (Å²) < 4.78 is 29.7. The van der Waals surface area contributed by atoms with Crippen LogP contribution in [0.5, 0.6) is 0 Å². The number of benzene rings is 1. The van der Waals surface area contributed by atoms with E-state index >= 15 is 0 Å². The molecule has 0 aliphatic rings. The van der Waals surface area contributed by atoms with E-state index in [-0.39, 0.29) is 10.6 Å². The van der Waals surface area contributed by atoms with Gasteiger partial charge in [0.25, 0.3) is 0 Å². The first-order valence-electron chi connectivity index (χ1n) is 4.70. The van der Waals surface area contributed by atoms with Gasteiger partial charge in [-0.3, -0.25) is 4.68 Å². The molecule has 0 aliphatic heterocycles. The Kier molecular flexibility index (Phi) is 3.54. The fraction of sp³-hybridized carbons (Fsp3) is 0.0909. The summed E-state index contributed by atoms with van der Waals surface area (Å²) in [4.78, 5) is 3.04. The van der Waals surface area contributed by atoms with E-state index in [1.54, 1.807) is 7.05 Å². The summed E-state index contributed by atoms with van der Waals surface area (Å²) in [6.07, 6.45) is 1.50. The van der Waals surface area contributed by atoms with Crippen molar-refractivity contribution in [2.75, 3.05) is 0 Å². The molecule has 0 radical (unpaired) electrons. The van der Waals surface area contributed by atoms with E-state index < -0.39 is 17.3 Å². The SMILES string of the molecule is [C-]#[N+]c1c(F)cc(Cl)c(F)c1-c1c(I)cnn1C. The molecule has 1 aromatic carbocycles. The summed E-state index contributed by atoms with van der Waals surface area (Å²) >= 11 is 7.56. The molecular weight excluding hydrogens is 374 g/mol. The highest BCUT2D eigenvalue weighted by molar-refractivity contribution is 14.1. The third kappa shape index (κ3) is 1.97. The maximum Gasteiger partial charge on any atom is 0.234 e. The molecule has 0 unspecified atom stereocenters. The van der Waals surface area contributed by atoms with Gasteiger partial charge in [0.15, 0.2) is 0 Å². The number of aryl methyl sites for hydroxylation is 1. The van der Waals surface area contributed by atoms with Gasteiger partial charge >= 0.3 is 0 Å². The molecule has 0 aliphatic carbocycles. The smallest absolute Gasteiger partial charge is 0.234 e. The highest BCUT2D eigenvalue weighted by Crippen LogP contribution is 2.40. The number of nitrogens with zero attached hydrogens (tertiary/aromatic N) is 3. The first-order chi connectivity index (χ1) is 8.47. The zero-order valence-corrected chi connectivity index (χ0v) is 11.9. The van der Waals surface area contributed by atoms with Crippen LogP contribution in [0.15, 0.2) is 12.3 Å². The van der Waals surface area contributed by atoms with Crippen molar-refractivity contribution >= 4 is 39.9 Å². The average Bonchev–Trinajstić information content (AvgIpc) is 2.64. The quantitative estimate of drug-likeness (QED) is 0.414. The minimum Gasteiger partial charge on any atom is -0.268 e. The Morgan fingerprint density at radius 2 is 2.17 bits per heavy atom. The monoisotopic (exact) mass is 379 g/mol. The maximum atomic E-state index is 14.1. The Hall–Kier alpha value is -1.20. The van der Waals surface area contributed by atoms with Crippen LogP contribution in [0.1, 0.15) is 0 Å². The Balaban J connectivity index is 2.91. The normalized spacial score (nSPS) is 10.4. The molecular formula is C11H5ClF2IN3. The van der Waals surface area contributed by atoms with Crippen molar-refractivity contribution in [3.05, 3.63) is 43.9 Å². The van der Waals surface area contributed by atoms with Crippen LogP contribution in [-0.4, -0.2) is 9.78 Å². The zero-order valence-electron chi connectivity index (χ0n) is 9.01. The van der Waals surface area contributed by atoms with Crippen LogP contribution < -0.4 is 0 Å². The molecule has 0 saturated heterocycles. The van der Waals surface area contributed by atoms with Gasteiger partial charge in [0.2, 0.25) is 5.69 Å². The van der Waals surface area contributed by atoms with Gasteiger partial charge in [-0.1, -0.05) is 11.6 Å². The summed E-state index contributed by atoms with van der Waals surface area (Å²) in [6.45, 7) is 6.98. The van der Waals surface area contributed by atoms with Crippen molar-refractivity contribution in [3.8, 4) is 11.3 Å². The van der Waals surface area contributed by atoms with E-state index in [2.05, 4.69) is 9.94 Å². The molecule has 3 nitrogen and oxygen atoms in total. The standard InChI is InChI=1S/C11H5ClF2IN3/c1-16-10-6(13)3-5(12)9(14)8(10)11-7(15)4-17-18(11)2/h3-4H,2H3. The van der Waals surface area contributed by atoms with Crippen molar-refractivity contribution in [2.45, 2.75) is 0 Å². The fourth-order valence-corrected chi connectivity index (χ4v) is 2.54. The highest BCUT2D eigenvalue weighted by atomic mass is 127. The van der Waals surface area contributed by atoms with Gasteiger partial charge in [-0.05, 0) is 28.7 Å². The van der Waals surface area contributed by atoms with E-state index in [1.165, 1.54) is 10.9 Å². The molecule has 1 aromatic heterocycles. The van der Waals surface area contributed by atoms with Gasteiger partial charge in [-0.25, -0.2) is 13.6 Å². The van der Waals surface area contributed by atoms with Crippen LogP contribution >= 0.6 is 34.2 Å². The Bertz CT molecular complexity index is 656. The molecule has 0 saturated carbocycles. The van der Waals surface area contributed by atoms with Crippen LogP contribution in [0.25, 0.3) is 16.1 Å². The van der Waals surface area contributed by atoms with E-state index in [1.807, 2.05) is 22.6 Å². The number of hydrogen-bond acceptors (Lipinski definition) is 1. The lowest BCUT2D eigenvalue weighted by atomic mass is 10.1. The van der Waals surface area contributed by atoms with Crippen molar-refractivity contribution in [1.82, 2.24) is 9.78 Å². The van der Waals surface area contributed by atoms with Gasteiger partial charge in [0, 0.05) is 12.6 Å². The summed E-state index contributed by atoms with van der Waals surface area (Å²) in [7, 11) is 1.59. The van der Waals surface area contributed by atoms with Crippen molar-refractivity contribution in [3.63, 3.8) is 0 Å². The first kappa shape index (κ1) is 13.2. The Morgan fingerprint density at radius 3 is 2.67 bits per heavy atom. The van der Waals surface area contributed by atoms with E-state index in [9.17, 15) is 8.78 Å². The van der Waals surface area contributed by atoms with Gasteiger partial charge in [0.1, 0.15) is 11.6 Å². The van der Waals surface area contributed by atoms with Crippen LogP contribution in [0.4, 0.5) is 14.5 Å². The molecule has 0 N–H and O–H groups in total. The average molecular weight is 380 g/mol. The van der Waals surface area contributed by atoms with E-state index in [0.29, 0.717) is 9.26 Å². The predicted molar refractivity (Wildman–Crippen MR) is 72.5 cm³/mol. The largest absolute Gasteiger partial charge is 0.268 e. The van der Waals surface area contributed by atoms with Crippen LogP contribution in [-0.2, 0) is 7.05 Å². The lowest BCUT2D eigenvalue weighted by Crippen LogP contribution is -1.98. The lowest BCUT2D eigenvalue weighted by Gasteiger charge is -2.09. The van der Waals surface area contributed by atoms with Crippen molar-refractivity contribution < 1.29 is 8.78 Å². The Labute approximate surface area is 120 Å². The van der Waals surface area contributed by atoms with Crippen LogP contribution in [0.3, 0.4) is 0 Å². The summed E-state index contributed by atoms with van der Waals surface area (Å²) in [5.74, 6) is -1.66. The first-order valence-corrected chi connectivity index (χ1v) is 6.15. The van der Waals surface area contributed by atoms with Crippen molar-refractivity contribution in [1.29, 1.82) is 0 Å². The van der Waals surface area contributed by atoms with Gasteiger partial charge in [-0.2, -0.15) is 5.10 Å². The minimum atomic E-state index is -0.844. The Morgan fingerprint density at radius 1 is 1.50 bits per heavy atom. The molecule has 2 aromatic rings. The van der Waals surface area contributed by atoms with E-state index in [4.69, 9.17) is 18.2 Å². The number of halogens is 4. The predicted octanol–water partition coefficient (Wildman–Crippen LogP) is 4.17. The van der Waals surface area contributed by atoms with Crippen molar-refractivity contribution in [2.24, 2.45) is 7.05 Å². The summed E-state index contributed by atoms with van der Waals surface area (Å²) in [5, 5.41) is 3.59. The van der Waals surface area contributed by atoms with Gasteiger partial charge < -0.3 is 0 Å². The second-order valence-corrected chi connectivity index (χ2v) is 5.02. The molecule has 1 heterocycles. The van der Waals surface area contributed by atoms with Gasteiger partial charge in [-0.15, -0.1) is 0 Å². The lowest BCUT2D eigenvalue weighted by molar-refractivity contribution is 0.606. The van der Waals surface area contributed by atoms with E-state index in [0.717, 1.165) is 6.07 Å². The van der Waals surface area contributed by atoms with Gasteiger partial charge in [0.05, 0.1) is 27.1 Å². The fourth-order valence-electron chi connectivity index (χ4n) is 1.60. The topological polar surface area (TPSA) is 22.2 Å². The number of aromatic nitrogens is 2. The maximum absolute atomic E-state index is 14.1. The third-order valence-corrected chi connectivity index (χ3v) is 3.45. The second-order valence-electron chi connectivity index (χ2n) is 3.45. The molecule has 0 spiro atoms. The summed E-state index contributed by atoms with van der Waals surface area (Å²) in [6, 6.07) is 0.803. The molecule has 0 fully saturated rings. The zero-order chi connectivity index (χ0) is 13.4. The molecule has 2 rings (SSSR count). The number of rotatable bonds is 1. The highest BCUT2D eigenvalue weighted by Gasteiger charge is 2.23. The summed E-state index contributed by atoms with van der Waals surface area (Å²) in [5.41, 5.74) is -0.210. The molecule has 0 bridgehead atoms. The minimum absolute atomic E-state index is 0.153. The molecule has 0 atom stereocenters. The third-order valence-electron chi connectivity index (χ3n) is 2.39. The molecule has 18 heavy (non-hydrogen) atoms. The molecule has 7 heteroatoms. The van der Waals surface area contributed by atoms with Crippen LogP contribution in [0, 0.1) is 21.8 Å². The van der Waals surface area contributed by atoms with Crippen LogP contribution in [0.2, 0.25) is 5.02 Å². The number of hydrogen-bond donors (Lipinski definition) is 0. The molecule has 92 valence electrons.